The number of nitrogens with one attached hydrogen (secondary N) is 1. The molecule has 0 saturated heterocycles. The topological polar surface area (TPSA) is 34.1 Å². The summed E-state index contributed by atoms with van der Waals surface area (Å²) in [7, 11) is 0. The van der Waals surface area contributed by atoms with Crippen LogP contribution in [0.4, 0.5) is 5.82 Å². The molecule has 1 unspecified atom stereocenters. The molecule has 1 aromatic carbocycles. The number of anilines is 1. The van der Waals surface area contributed by atoms with Crippen molar-refractivity contribution in [1.82, 2.24) is 4.98 Å². The highest BCUT2D eigenvalue weighted by atomic mass is 35.5. The Bertz CT molecular complexity index is 519. The monoisotopic (exact) mass is 290 g/mol. The molecule has 0 spiro atoms. The van der Waals surface area contributed by atoms with Gasteiger partial charge in [-0.15, -0.1) is 11.6 Å². The van der Waals surface area contributed by atoms with Gasteiger partial charge in [-0.2, -0.15) is 0 Å². The fourth-order valence-corrected chi connectivity index (χ4v) is 2.19. The molecule has 1 heterocycles. The first-order chi connectivity index (χ1) is 9.83. The first-order valence-electron chi connectivity index (χ1n) is 6.77. The van der Waals surface area contributed by atoms with Gasteiger partial charge < -0.3 is 10.1 Å². The van der Waals surface area contributed by atoms with E-state index in [2.05, 4.69) is 22.4 Å². The summed E-state index contributed by atoms with van der Waals surface area (Å²) in [4.78, 5) is 4.33. The number of hydrogen-bond acceptors (Lipinski definition) is 3. The smallest absolute Gasteiger partial charge is 0.169 e. The van der Waals surface area contributed by atoms with Crippen LogP contribution in [0.25, 0.3) is 0 Å². The van der Waals surface area contributed by atoms with Gasteiger partial charge in [-0.3, -0.25) is 0 Å². The van der Waals surface area contributed by atoms with E-state index in [1.807, 2.05) is 37.3 Å². The van der Waals surface area contributed by atoms with E-state index in [4.69, 9.17) is 16.3 Å². The molecule has 0 aliphatic rings. The van der Waals surface area contributed by atoms with Crippen LogP contribution in [0, 0.1) is 0 Å². The largest absolute Gasteiger partial charge is 0.490 e. The lowest BCUT2D eigenvalue weighted by molar-refractivity contribution is 0.340. The fourth-order valence-electron chi connectivity index (χ4n) is 2.01. The van der Waals surface area contributed by atoms with E-state index in [1.165, 1.54) is 5.56 Å². The highest BCUT2D eigenvalue weighted by Crippen LogP contribution is 2.22. The third kappa shape index (κ3) is 4.14. The number of rotatable bonds is 7. The summed E-state index contributed by atoms with van der Waals surface area (Å²) >= 11 is 6.07. The molecule has 1 aromatic heterocycles. The minimum atomic E-state index is 0.119. The second-order valence-corrected chi connectivity index (χ2v) is 4.78. The normalized spacial score (nSPS) is 11.9. The molecule has 106 valence electrons. The molecule has 2 rings (SSSR count). The SMILES string of the molecule is CCOc1cccnc1NC(CCl)Cc1ccccc1. The van der Waals surface area contributed by atoms with Gasteiger partial charge in [0.25, 0.3) is 0 Å². The molecule has 0 bridgehead atoms. The van der Waals surface area contributed by atoms with Crippen molar-refractivity contribution in [2.75, 3.05) is 17.8 Å². The van der Waals surface area contributed by atoms with Gasteiger partial charge in [-0.1, -0.05) is 30.3 Å². The average Bonchev–Trinajstić information content (AvgIpc) is 2.50. The molecule has 0 amide bonds. The summed E-state index contributed by atoms with van der Waals surface area (Å²) in [6.45, 7) is 2.57. The van der Waals surface area contributed by atoms with E-state index in [0.29, 0.717) is 12.5 Å². The zero-order valence-corrected chi connectivity index (χ0v) is 12.3. The van der Waals surface area contributed by atoms with Crippen molar-refractivity contribution in [2.24, 2.45) is 0 Å². The molecule has 0 fully saturated rings. The number of pyridine rings is 1. The summed E-state index contributed by atoms with van der Waals surface area (Å²) in [5.41, 5.74) is 1.25. The summed E-state index contributed by atoms with van der Waals surface area (Å²) in [6.07, 6.45) is 2.60. The van der Waals surface area contributed by atoms with Crippen LogP contribution >= 0.6 is 11.6 Å². The van der Waals surface area contributed by atoms with Crippen LogP contribution in [-0.4, -0.2) is 23.5 Å². The molecule has 2 aromatic rings. The van der Waals surface area contributed by atoms with Gasteiger partial charge in [0, 0.05) is 18.1 Å². The van der Waals surface area contributed by atoms with Crippen LogP contribution < -0.4 is 10.1 Å². The van der Waals surface area contributed by atoms with E-state index >= 15 is 0 Å². The van der Waals surface area contributed by atoms with Crippen molar-refractivity contribution in [3.8, 4) is 5.75 Å². The maximum atomic E-state index is 6.07. The number of benzene rings is 1. The van der Waals surface area contributed by atoms with Crippen LogP contribution in [0.1, 0.15) is 12.5 Å². The predicted octanol–water partition coefficient (Wildman–Crippen LogP) is 3.74. The molecular formula is C16H19ClN2O. The first kappa shape index (κ1) is 14.7. The van der Waals surface area contributed by atoms with Gasteiger partial charge in [-0.05, 0) is 31.0 Å². The Morgan fingerprint density at radius 2 is 2.00 bits per heavy atom. The van der Waals surface area contributed by atoms with E-state index in [0.717, 1.165) is 18.0 Å². The maximum Gasteiger partial charge on any atom is 0.169 e. The number of hydrogen-bond donors (Lipinski definition) is 1. The molecule has 0 aliphatic heterocycles. The zero-order chi connectivity index (χ0) is 14.2. The van der Waals surface area contributed by atoms with Gasteiger partial charge >= 0.3 is 0 Å². The first-order valence-corrected chi connectivity index (χ1v) is 7.31. The molecule has 0 saturated carbocycles. The molecule has 1 atom stereocenters. The predicted molar refractivity (Wildman–Crippen MR) is 83.7 cm³/mol. The summed E-state index contributed by atoms with van der Waals surface area (Å²) in [5.74, 6) is 2.02. The molecular weight excluding hydrogens is 272 g/mol. The molecule has 0 aliphatic carbocycles. The highest BCUT2D eigenvalue weighted by Gasteiger charge is 2.12. The highest BCUT2D eigenvalue weighted by molar-refractivity contribution is 6.18. The van der Waals surface area contributed by atoms with Crippen LogP contribution in [0.15, 0.2) is 48.7 Å². The number of aromatic nitrogens is 1. The Morgan fingerprint density at radius 3 is 2.70 bits per heavy atom. The Labute approximate surface area is 124 Å². The van der Waals surface area contributed by atoms with Gasteiger partial charge in [0.2, 0.25) is 0 Å². The number of halogens is 1. The third-order valence-electron chi connectivity index (χ3n) is 2.92. The lowest BCUT2D eigenvalue weighted by Gasteiger charge is -2.18. The van der Waals surface area contributed by atoms with E-state index in [1.54, 1.807) is 6.20 Å². The molecule has 20 heavy (non-hydrogen) atoms. The molecule has 0 radical (unpaired) electrons. The van der Waals surface area contributed by atoms with Crippen molar-refractivity contribution in [3.05, 3.63) is 54.2 Å². The van der Waals surface area contributed by atoms with Gasteiger partial charge in [0.15, 0.2) is 11.6 Å². The van der Waals surface area contributed by atoms with E-state index in [-0.39, 0.29) is 6.04 Å². The standard InChI is InChI=1S/C16H19ClN2O/c1-2-20-15-9-6-10-18-16(15)19-14(12-17)11-13-7-4-3-5-8-13/h3-10,14H,2,11-12H2,1H3,(H,18,19). The molecule has 4 heteroatoms. The Hall–Kier alpha value is -1.74. The number of nitrogens with zero attached hydrogens (tertiary/aromatic N) is 1. The lowest BCUT2D eigenvalue weighted by atomic mass is 10.1. The second-order valence-electron chi connectivity index (χ2n) is 4.47. The van der Waals surface area contributed by atoms with Crippen molar-refractivity contribution in [1.29, 1.82) is 0 Å². The second kappa shape index (κ2) is 7.75. The summed E-state index contributed by atoms with van der Waals surface area (Å²) < 4.78 is 5.56. The Morgan fingerprint density at radius 1 is 1.20 bits per heavy atom. The van der Waals surface area contributed by atoms with Gasteiger partial charge in [0.1, 0.15) is 0 Å². The lowest BCUT2D eigenvalue weighted by Crippen LogP contribution is -2.25. The van der Waals surface area contributed by atoms with Crippen LogP contribution in [0.3, 0.4) is 0 Å². The van der Waals surface area contributed by atoms with Gasteiger partial charge in [0.05, 0.1) is 6.61 Å². The van der Waals surface area contributed by atoms with Crippen LogP contribution in [0.5, 0.6) is 5.75 Å². The van der Waals surface area contributed by atoms with Gasteiger partial charge in [-0.25, -0.2) is 4.98 Å². The fraction of sp³-hybridized carbons (Fsp3) is 0.312. The minimum absolute atomic E-state index is 0.119. The molecule has 1 N–H and O–H groups in total. The Balaban J connectivity index is 2.06. The van der Waals surface area contributed by atoms with Crippen molar-refractivity contribution < 1.29 is 4.74 Å². The summed E-state index contributed by atoms with van der Waals surface area (Å²) in [6, 6.07) is 14.2. The zero-order valence-electron chi connectivity index (χ0n) is 11.6. The average molecular weight is 291 g/mol. The molecule has 3 nitrogen and oxygen atoms in total. The minimum Gasteiger partial charge on any atom is -0.490 e. The number of alkyl halides is 1. The van der Waals surface area contributed by atoms with E-state index in [9.17, 15) is 0 Å². The van der Waals surface area contributed by atoms with Crippen molar-refractivity contribution in [3.63, 3.8) is 0 Å². The van der Waals surface area contributed by atoms with Crippen LogP contribution in [-0.2, 0) is 6.42 Å². The quantitative estimate of drug-likeness (QED) is 0.789. The van der Waals surface area contributed by atoms with E-state index < -0.39 is 0 Å². The maximum absolute atomic E-state index is 6.07. The number of ether oxygens (including phenoxy) is 1. The van der Waals surface area contributed by atoms with Crippen LogP contribution in [0.2, 0.25) is 0 Å². The Kier molecular flexibility index (Phi) is 5.69. The van der Waals surface area contributed by atoms with Crippen molar-refractivity contribution >= 4 is 17.4 Å². The van der Waals surface area contributed by atoms with Crippen molar-refractivity contribution in [2.45, 2.75) is 19.4 Å². The third-order valence-corrected chi connectivity index (χ3v) is 3.30. The summed E-state index contributed by atoms with van der Waals surface area (Å²) in [5, 5.41) is 3.36.